The average Bonchev–Trinajstić information content (AvgIpc) is 3.05. The average molecular weight is 288 g/mol. The Labute approximate surface area is 124 Å². The van der Waals surface area contributed by atoms with Gasteiger partial charge in [-0.25, -0.2) is 0 Å². The fourth-order valence-electron chi connectivity index (χ4n) is 3.49. The first-order chi connectivity index (χ1) is 9.61. The number of hydrogen-bond donors (Lipinski definition) is 2. The molecule has 20 heavy (non-hydrogen) atoms. The van der Waals surface area contributed by atoms with E-state index in [0.29, 0.717) is 4.99 Å². The molecular formula is C16H20N2OS. The summed E-state index contributed by atoms with van der Waals surface area (Å²) in [5.74, 6) is 0.134. The van der Waals surface area contributed by atoms with E-state index in [2.05, 4.69) is 17.4 Å². The van der Waals surface area contributed by atoms with Gasteiger partial charge in [0.25, 0.3) is 0 Å². The molecule has 0 saturated heterocycles. The SMILES string of the molecule is NC(=S)C1(NC(=O)C2Cc3ccccc3C2)CCCC1. The molecule has 1 aromatic rings. The summed E-state index contributed by atoms with van der Waals surface area (Å²) in [5.41, 5.74) is 8.04. The maximum atomic E-state index is 12.6. The molecule has 0 unspecified atom stereocenters. The monoisotopic (exact) mass is 288 g/mol. The minimum atomic E-state index is -0.429. The molecule has 2 aliphatic rings. The van der Waals surface area contributed by atoms with Crippen LogP contribution in [0.1, 0.15) is 36.8 Å². The molecule has 0 aliphatic heterocycles. The van der Waals surface area contributed by atoms with Gasteiger partial charge in [0, 0.05) is 5.92 Å². The molecule has 0 spiro atoms. The molecule has 1 amide bonds. The van der Waals surface area contributed by atoms with Crippen LogP contribution in [0.3, 0.4) is 0 Å². The summed E-state index contributed by atoms with van der Waals surface area (Å²) in [7, 11) is 0. The number of thiocarbonyl (C=S) groups is 1. The number of hydrogen-bond acceptors (Lipinski definition) is 2. The maximum absolute atomic E-state index is 12.6. The van der Waals surface area contributed by atoms with Crippen molar-refractivity contribution >= 4 is 23.1 Å². The van der Waals surface area contributed by atoms with Crippen LogP contribution in [0, 0.1) is 5.92 Å². The first kappa shape index (κ1) is 13.6. The minimum absolute atomic E-state index is 0.0271. The number of nitrogens with one attached hydrogen (secondary N) is 1. The van der Waals surface area contributed by atoms with E-state index in [-0.39, 0.29) is 11.8 Å². The van der Waals surface area contributed by atoms with Crippen molar-refractivity contribution in [1.29, 1.82) is 0 Å². The van der Waals surface area contributed by atoms with Crippen LogP contribution in [-0.4, -0.2) is 16.4 Å². The van der Waals surface area contributed by atoms with Crippen LogP contribution in [0.15, 0.2) is 24.3 Å². The topological polar surface area (TPSA) is 55.1 Å². The maximum Gasteiger partial charge on any atom is 0.224 e. The van der Waals surface area contributed by atoms with E-state index in [0.717, 1.165) is 38.5 Å². The number of amides is 1. The highest BCUT2D eigenvalue weighted by atomic mass is 32.1. The number of carbonyl (C=O) groups excluding carboxylic acids is 1. The molecule has 3 nitrogen and oxygen atoms in total. The lowest BCUT2D eigenvalue weighted by molar-refractivity contribution is -0.125. The number of nitrogens with two attached hydrogens (primary N) is 1. The summed E-state index contributed by atoms with van der Waals surface area (Å²) in [4.78, 5) is 13.0. The standard InChI is InChI=1S/C16H20N2OS/c17-15(20)16(7-3-4-8-16)18-14(19)13-9-11-5-1-2-6-12(11)10-13/h1-2,5-6,13H,3-4,7-10H2,(H2,17,20)(H,18,19). The second kappa shape index (κ2) is 5.17. The molecule has 0 bridgehead atoms. The Morgan fingerprint density at radius 2 is 1.75 bits per heavy atom. The summed E-state index contributed by atoms with van der Waals surface area (Å²) in [5, 5.41) is 3.16. The largest absolute Gasteiger partial charge is 0.391 e. The summed E-state index contributed by atoms with van der Waals surface area (Å²) < 4.78 is 0. The van der Waals surface area contributed by atoms with Gasteiger partial charge in [-0.05, 0) is 36.8 Å². The number of rotatable bonds is 3. The molecule has 1 fully saturated rings. The van der Waals surface area contributed by atoms with Gasteiger partial charge in [-0.15, -0.1) is 0 Å². The van der Waals surface area contributed by atoms with E-state index >= 15 is 0 Å². The zero-order valence-corrected chi connectivity index (χ0v) is 12.3. The predicted molar refractivity (Wildman–Crippen MR) is 83.5 cm³/mol. The fraction of sp³-hybridized carbons (Fsp3) is 0.500. The summed E-state index contributed by atoms with van der Waals surface area (Å²) >= 11 is 5.19. The van der Waals surface area contributed by atoms with Gasteiger partial charge in [0.05, 0.1) is 10.5 Å². The third kappa shape index (κ3) is 2.33. The lowest BCUT2D eigenvalue weighted by atomic mass is 9.95. The highest BCUT2D eigenvalue weighted by Crippen LogP contribution is 2.32. The van der Waals surface area contributed by atoms with E-state index in [9.17, 15) is 4.79 Å². The van der Waals surface area contributed by atoms with Crippen LogP contribution in [-0.2, 0) is 17.6 Å². The molecule has 4 heteroatoms. The normalized spacial score (nSPS) is 20.6. The van der Waals surface area contributed by atoms with Crippen molar-refractivity contribution in [1.82, 2.24) is 5.32 Å². The van der Waals surface area contributed by atoms with Crippen molar-refractivity contribution in [3.8, 4) is 0 Å². The highest BCUT2D eigenvalue weighted by Gasteiger charge is 2.40. The van der Waals surface area contributed by atoms with E-state index < -0.39 is 5.54 Å². The minimum Gasteiger partial charge on any atom is -0.391 e. The molecule has 0 heterocycles. The van der Waals surface area contributed by atoms with Crippen LogP contribution >= 0.6 is 12.2 Å². The van der Waals surface area contributed by atoms with E-state index in [1.165, 1.54) is 11.1 Å². The molecule has 2 aliphatic carbocycles. The van der Waals surface area contributed by atoms with Gasteiger partial charge >= 0.3 is 0 Å². The van der Waals surface area contributed by atoms with Gasteiger partial charge in [-0.1, -0.05) is 49.3 Å². The van der Waals surface area contributed by atoms with Crippen LogP contribution in [0.5, 0.6) is 0 Å². The predicted octanol–water partition coefficient (Wildman–Crippen LogP) is 2.12. The van der Waals surface area contributed by atoms with Crippen LogP contribution in [0.2, 0.25) is 0 Å². The van der Waals surface area contributed by atoms with E-state index in [1.807, 2.05) is 12.1 Å². The van der Waals surface area contributed by atoms with Crippen LogP contribution in [0.25, 0.3) is 0 Å². The number of benzene rings is 1. The van der Waals surface area contributed by atoms with Crippen LogP contribution in [0.4, 0.5) is 0 Å². The smallest absolute Gasteiger partial charge is 0.224 e. The molecule has 0 radical (unpaired) electrons. The third-order valence-corrected chi connectivity index (χ3v) is 5.10. The van der Waals surface area contributed by atoms with E-state index in [4.69, 9.17) is 18.0 Å². The molecule has 0 aromatic heterocycles. The first-order valence-electron chi connectivity index (χ1n) is 7.29. The second-order valence-corrected chi connectivity index (χ2v) is 6.46. The molecular weight excluding hydrogens is 268 g/mol. The van der Waals surface area contributed by atoms with Crippen molar-refractivity contribution < 1.29 is 4.79 Å². The quantitative estimate of drug-likeness (QED) is 0.838. The van der Waals surface area contributed by atoms with E-state index in [1.54, 1.807) is 0 Å². The number of carbonyl (C=O) groups is 1. The zero-order chi connectivity index (χ0) is 14.2. The van der Waals surface area contributed by atoms with Crippen molar-refractivity contribution in [3.05, 3.63) is 35.4 Å². The van der Waals surface area contributed by atoms with Crippen LogP contribution < -0.4 is 11.1 Å². The van der Waals surface area contributed by atoms with Gasteiger partial charge in [0.2, 0.25) is 5.91 Å². The van der Waals surface area contributed by atoms with Crippen molar-refractivity contribution in [2.75, 3.05) is 0 Å². The summed E-state index contributed by atoms with van der Waals surface area (Å²) in [6.07, 6.45) is 5.59. The lowest BCUT2D eigenvalue weighted by Gasteiger charge is -2.30. The van der Waals surface area contributed by atoms with Gasteiger partial charge < -0.3 is 11.1 Å². The Balaban J connectivity index is 1.71. The Morgan fingerprint density at radius 1 is 1.20 bits per heavy atom. The van der Waals surface area contributed by atoms with Crippen molar-refractivity contribution in [2.45, 2.75) is 44.1 Å². The van der Waals surface area contributed by atoms with Crippen molar-refractivity contribution in [2.24, 2.45) is 11.7 Å². The molecule has 3 N–H and O–H groups in total. The third-order valence-electron chi connectivity index (χ3n) is 4.71. The fourth-order valence-corrected chi connectivity index (χ4v) is 3.75. The molecule has 106 valence electrons. The second-order valence-electron chi connectivity index (χ2n) is 6.02. The zero-order valence-electron chi connectivity index (χ0n) is 11.5. The van der Waals surface area contributed by atoms with Crippen molar-refractivity contribution in [3.63, 3.8) is 0 Å². The number of fused-ring (bicyclic) bond motifs is 1. The first-order valence-corrected chi connectivity index (χ1v) is 7.70. The van der Waals surface area contributed by atoms with Gasteiger partial charge in [0.15, 0.2) is 0 Å². The molecule has 1 aromatic carbocycles. The highest BCUT2D eigenvalue weighted by molar-refractivity contribution is 7.80. The van der Waals surface area contributed by atoms with Gasteiger partial charge in [-0.3, -0.25) is 4.79 Å². The molecule has 1 saturated carbocycles. The molecule has 3 rings (SSSR count). The Bertz CT molecular complexity index is 524. The molecule has 0 atom stereocenters. The summed E-state index contributed by atoms with van der Waals surface area (Å²) in [6.45, 7) is 0. The Morgan fingerprint density at radius 3 is 2.25 bits per heavy atom. The Hall–Kier alpha value is -1.42. The Kier molecular flexibility index (Phi) is 3.50. The van der Waals surface area contributed by atoms with Gasteiger partial charge in [0.1, 0.15) is 0 Å². The van der Waals surface area contributed by atoms with Gasteiger partial charge in [-0.2, -0.15) is 0 Å². The lowest BCUT2D eigenvalue weighted by Crippen LogP contribution is -2.56. The summed E-state index contributed by atoms with van der Waals surface area (Å²) in [6, 6.07) is 8.29.